The average molecular weight is 455 g/mol. The molecule has 9 heteroatoms. The molecule has 0 aliphatic carbocycles. The third-order valence-corrected chi connectivity index (χ3v) is 5.75. The Bertz CT molecular complexity index is 675. The van der Waals surface area contributed by atoms with Gasteiger partial charge >= 0.3 is 0 Å². The van der Waals surface area contributed by atoms with Crippen molar-refractivity contribution >= 4 is 34.8 Å². The lowest BCUT2D eigenvalue weighted by Gasteiger charge is -2.25. The molecule has 1 aromatic heterocycles. The van der Waals surface area contributed by atoms with E-state index >= 15 is 0 Å². The summed E-state index contributed by atoms with van der Waals surface area (Å²) >= 11 is 7.47. The molecule has 0 radical (unpaired) electrons. The molecule has 130 valence electrons. The Kier molecular flexibility index (Phi) is 6.01. The first-order valence-electron chi connectivity index (χ1n) is 7.45. The molecule has 0 spiro atoms. The third kappa shape index (κ3) is 4.02. The Balaban J connectivity index is 2.31. The SMILES string of the molecule is CCC(C)(I)C[C@H]1OC(n2cc(CN)c(=O)[nH]c2=S)[C@H](O)[C@@H]1O. The molecule has 23 heavy (non-hydrogen) atoms. The molecule has 5 atom stereocenters. The molecule has 5 N–H and O–H groups in total. The molecular formula is C14H22IN3O4S. The summed E-state index contributed by atoms with van der Waals surface area (Å²) in [5.41, 5.74) is 5.51. The number of nitrogens with one attached hydrogen (secondary N) is 1. The van der Waals surface area contributed by atoms with Crippen molar-refractivity contribution in [3.05, 3.63) is 26.9 Å². The Hall–Kier alpha value is -0.330. The lowest BCUT2D eigenvalue weighted by molar-refractivity contribution is -0.0426. The number of nitrogens with two attached hydrogens (primary N) is 1. The molecule has 2 unspecified atom stereocenters. The van der Waals surface area contributed by atoms with Crippen LogP contribution in [0.3, 0.4) is 0 Å². The van der Waals surface area contributed by atoms with Crippen molar-refractivity contribution in [3.8, 4) is 0 Å². The van der Waals surface area contributed by atoms with Gasteiger partial charge in [0.05, 0.1) is 6.10 Å². The molecule has 1 aromatic rings. The predicted octanol–water partition coefficient (Wildman–Crippen LogP) is 0.978. The summed E-state index contributed by atoms with van der Waals surface area (Å²) in [4.78, 5) is 14.2. The third-order valence-electron chi connectivity index (χ3n) is 4.24. The summed E-state index contributed by atoms with van der Waals surface area (Å²) in [5, 5.41) is 20.6. The largest absolute Gasteiger partial charge is 0.388 e. The van der Waals surface area contributed by atoms with Crippen LogP contribution in [-0.4, -0.2) is 41.5 Å². The molecule has 0 bridgehead atoms. The van der Waals surface area contributed by atoms with Crippen LogP contribution in [0.1, 0.15) is 38.5 Å². The van der Waals surface area contributed by atoms with Gasteiger partial charge in [0.15, 0.2) is 11.0 Å². The number of hydrogen-bond acceptors (Lipinski definition) is 6. The number of rotatable bonds is 5. The Morgan fingerprint density at radius 1 is 1.52 bits per heavy atom. The maximum absolute atomic E-state index is 11.7. The number of H-pyrrole nitrogens is 1. The normalized spacial score (nSPS) is 30.3. The van der Waals surface area contributed by atoms with E-state index in [0.29, 0.717) is 12.0 Å². The van der Waals surface area contributed by atoms with Crippen LogP contribution < -0.4 is 11.3 Å². The number of aromatic nitrogens is 2. The van der Waals surface area contributed by atoms with Gasteiger partial charge in [-0.15, -0.1) is 0 Å². The predicted molar refractivity (Wildman–Crippen MR) is 97.0 cm³/mol. The van der Waals surface area contributed by atoms with Crippen molar-refractivity contribution in [3.63, 3.8) is 0 Å². The summed E-state index contributed by atoms with van der Waals surface area (Å²) in [7, 11) is 0. The highest BCUT2D eigenvalue weighted by Crippen LogP contribution is 2.37. The van der Waals surface area contributed by atoms with Crippen LogP contribution in [0.25, 0.3) is 0 Å². The fraction of sp³-hybridized carbons (Fsp3) is 0.714. The molecule has 1 saturated heterocycles. The minimum Gasteiger partial charge on any atom is -0.388 e. The smallest absolute Gasteiger partial charge is 0.256 e. The van der Waals surface area contributed by atoms with Gasteiger partial charge in [0.25, 0.3) is 5.56 Å². The summed E-state index contributed by atoms with van der Waals surface area (Å²) < 4.78 is 7.38. The van der Waals surface area contributed by atoms with Gasteiger partial charge in [0.1, 0.15) is 12.2 Å². The van der Waals surface area contributed by atoms with Crippen molar-refractivity contribution < 1.29 is 14.9 Å². The highest BCUT2D eigenvalue weighted by molar-refractivity contribution is 14.1. The van der Waals surface area contributed by atoms with Crippen LogP contribution in [0.5, 0.6) is 0 Å². The first-order valence-corrected chi connectivity index (χ1v) is 8.93. The number of hydrogen-bond donors (Lipinski definition) is 4. The van der Waals surface area contributed by atoms with Crippen LogP contribution in [0.4, 0.5) is 0 Å². The van der Waals surface area contributed by atoms with Crippen molar-refractivity contribution in [2.24, 2.45) is 5.73 Å². The molecule has 0 amide bonds. The van der Waals surface area contributed by atoms with E-state index < -0.39 is 24.5 Å². The standard InChI is InChI=1S/C14H22IN3O4S/c1-3-14(2,15)4-8-9(19)10(20)12(22-8)18-6-7(5-16)11(21)17-13(18)23/h6,8-10,12,19-20H,3-5,16H2,1-2H3,(H,17,21,23)/t8-,9-,10-,12?,14?/m1/s1. The molecule has 0 aromatic carbocycles. The fourth-order valence-corrected chi connectivity index (χ4v) is 3.24. The highest BCUT2D eigenvalue weighted by Gasteiger charge is 2.45. The van der Waals surface area contributed by atoms with Gasteiger partial charge in [-0.05, 0) is 25.1 Å². The maximum Gasteiger partial charge on any atom is 0.256 e. The zero-order valence-corrected chi connectivity index (χ0v) is 16.0. The molecular weight excluding hydrogens is 433 g/mol. The van der Waals surface area contributed by atoms with Crippen LogP contribution in [0, 0.1) is 4.77 Å². The van der Waals surface area contributed by atoms with E-state index in [2.05, 4.69) is 41.4 Å². The van der Waals surface area contributed by atoms with Gasteiger partial charge in [-0.2, -0.15) is 0 Å². The van der Waals surface area contributed by atoms with Gasteiger partial charge in [-0.25, -0.2) is 0 Å². The quantitative estimate of drug-likeness (QED) is 0.299. The maximum atomic E-state index is 11.7. The second kappa shape index (κ2) is 7.28. The zero-order valence-electron chi connectivity index (χ0n) is 13.0. The minimum atomic E-state index is -1.13. The fourth-order valence-electron chi connectivity index (χ4n) is 2.55. The molecule has 2 rings (SSSR count). The molecule has 7 nitrogen and oxygen atoms in total. The van der Waals surface area contributed by atoms with Crippen LogP contribution in [-0.2, 0) is 11.3 Å². The molecule has 2 heterocycles. The Morgan fingerprint density at radius 2 is 2.17 bits per heavy atom. The van der Waals surface area contributed by atoms with E-state index in [1.165, 1.54) is 10.8 Å². The number of aliphatic hydroxyl groups is 2. The van der Waals surface area contributed by atoms with Gasteiger partial charge in [-0.1, -0.05) is 36.4 Å². The second-order valence-corrected chi connectivity index (χ2v) is 9.03. The average Bonchev–Trinajstić information content (AvgIpc) is 2.75. The van der Waals surface area contributed by atoms with Crippen molar-refractivity contribution in [1.29, 1.82) is 0 Å². The topological polar surface area (TPSA) is 114 Å². The number of aromatic amines is 1. The minimum absolute atomic E-state index is 0.0431. The summed E-state index contributed by atoms with van der Waals surface area (Å²) in [6, 6.07) is 0. The van der Waals surface area contributed by atoms with Crippen LogP contribution >= 0.6 is 34.8 Å². The zero-order chi connectivity index (χ0) is 17.4. The van der Waals surface area contributed by atoms with E-state index in [1.54, 1.807) is 0 Å². The van der Waals surface area contributed by atoms with Crippen molar-refractivity contribution in [2.45, 2.75) is 61.2 Å². The van der Waals surface area contributed by atoms with Gasteiger partial charge < -0.3 is 20.7 Å². The molecule has 1 fully saturated rings. The van der Waals surface area contributed by atoms with E-state index in [9.17, 15) is 15.0 Å². The monoisotopic (exact) mass is 455 g/mol. The van der Waals surface area contributed by atoms with Gasteiger partial charge in [0.2, 0.25) is 0 Å². The molecule has 0 saturated carbocycles. The first-order chi connectivity index (χ1) is 10.7. The summed E-state index contributed by atoms with van der Waals surface area (Å²) in [6.07, 6.45) is -0.522. The highest BCUT2D eigenvalue weighted by atomic mass is 127. The Labute approximate surface area is 153 Å². The lowest BCUT2D eigenvalue weighted by atomic mass is 9.97. The van der Waals surface area contributed by atoms with E-state index in [4.69, 9.17) is 22.7 Å². The van der Waals surface area contributed by atoms with Crippen LogP contribution in [0.2, 0.25) is 0 Å². The second-order valence-electron chi connectivity index (χ2n) is 6.04. The van der Waals surface area contributed by atoms with E-state index in [0.717, 1.165) is 6.42 Å². The summed E-state index contributed by atoms with van der Waals surface area (Å²) in [6.45, 7) is 4.18. The number of halogens is 1. The number of ether oxygens (including phenoxy) is 1. The molecule has 1 aliphatic heterocycles. The van der Waals surface area contributed by atoms with Crippen molar-refractivity contribution in [1.82, 2.24) is 9.55 Å². The Morgan fingerprint density at radius 3 is 2.74 bits per heavy atom. The van der Waals surface area contributed by atoms with E-state index in [1.807, 2.05) is 0 Å². The summed E-state index contributed by atoms with van der Waals surface area (Å²) in [5.74, 6) is 0. The first kappa shape index (κ1) is 19.0. The molecule has 1 aliphatic rings. The van der Waals surface area contributed by atoms with Crippen molar-refractivity contribution in [2.75, 3.05) is 0 Å². The van der Waals surface area contributed by atoms with Gasteiger partial charge in [-0.3, -0.25) is 14.3 Å². The number of alkyl halides is 1. The van der Waals surface area contributed by atoms with Crippen LogP contribution in [0.15, 0.2) is 11.0 Å². The van der Waals surface area contributed by atoms with Gasteiger partial charge in [0, 0.05) is 21.7 Å². The van der Waals surface area contributed by atoms with E-state index in [-0.39, 0.29) is 20.3 Å². The number of aliphatic hydroxyl groups excluding tert-OH is 2. The lowest BCUT2D eigenvalue weighted by Crippen LogP contribution is -2.35. The number of nitrogens with zero attached hydrogens (tertiary/aromatic N) is 1.